The summed E-state index contributed by atoms with van der Waals surface area (Å²) < 4.78 is 24.5. The van der Waals surface area contributed by atoms with Crippen molar-refractivity contribution in [2.75, 3.05) is 54.3 Å². The van der Waals surface area contributed by atoms with E-state index in [2.05, 4.69) is 32.7 Å². The number of carbonyl (C=O) groups excluding carboxylic acids is 7. The summed E-state index contributed by atoms with van der Waals surface area (Å²) in [6, 6.07) is 25.8. The number of benzene rings is 5. The smallest absolute Gasteiger partial charge is 0.261 e. The van der Waals surface area contributed by atoms with Crippen molar-refractivity contribution in [1.29, 1.82) is 0 Å². The molecule has 5 aliphatic rings. The van der Waals surface area contributed by atoms with Crippen LogP contribution in [0.15, 0.2) is 108 Å². The van der Waals surface area contributed by atoms with Gasteiger partial charge in [0.2, 0.25) is 23.6 Å². The van der Waals surface area contributed by atoms with Crippen molar-refractivity contribution in [3.63, 3.8) is 0 Å². The summed E-state index contributed by atoms with van der Waals surface area (Å²) in [7, 11) is 3.02. The Morgan fingerprint density at radius 1 is 0.728 bits per heavy atom. The molecule has 10 rings (SSSR count). The van der Waals surface area contributed by atoms with Crippen LogP contribution in [0.1, 0.15) is 83.9 Å². The maximum absolute atomic E-state index is 14.1. The van der Waals surface area contributed by atoms with Crippen molar-refractivity contribution in [2.45, 2.75) is 96.0 Å². The van der Waals surface area contributed by atoms with Crippen molar-refractivity contribution in [2.24, 2.45) is 4.99 Å². The number of anilines is 4. The average molecular weight is 1100 g/mol. The largest absolute Gasteiger partial charge is 0.493 e. The van der Waals surface area contributed by atoms with E-state index in [4.69, 9.17) is 23.9 Å². The summed E-state index contributed by atoms with van der Waals surface area (Å²) in [6.07, 6.45) is 5.52. The highest BCUT2D eigenvalue weighted by molar-refractivity contribution is 6.15. The molecule has 21 heteroatoms. The number of aliphatic imine (C=N–C) groups is 1. The van der Waals surface area contributed by atoms with E-state index in [0.29, 0.717) is 88.1 Å². The van der Waals surface area contributed by atoms with Crippen molar-refractivity contribution in [1.82, 2.24) is 20.9 Å². The van der Waals surface area contributed by atoms with Crippen LogP contribution < -0.4 is 55.3 Å². The fourth-order valence-corrected chi connectivity index (χ4v) is 10.7. The minimum Gasteiger partial charge on any atom is -0.493 e. The van der Waals surface area contributed by atoms with E-state index in [1.807, 2.05) is 59.5 Å². The first-order chi connectivity index (χ1) is 39.2. The van der Waals surface area contributed by atoms with Crippen LogP contribution in [-0.4, -0.2) is 116 Å². The molecule has 1 unspecified atom stereocenters. The molecule has 0 spiro atoms. The minimum atomic E-state index is -1.06. The number of ether oxygens (including phenoxy) is 4. The van der Waals surface area contributed by atoms with E-state index in [-0.39, 0.29) is 63.0 Å². The third kappa shape index (κ3) is 12.0. The number of amides is 7. The molecular formula is C60H63N9O12. The van der Waals surface area contributed by atoms with Crippen molar-refractivity contribution in [3.8, 4) is 23.0 Å². The molecule has 0 aromatic heterocycles. The van der Waals surface area contributed by atoms with Gasteiger partial charge in [0.1, 0.15) is 25.3 Å². The number of para-hydroxylation sites is 2. The molecule has 0 aliphatic carbocycles. The first-order valence-electron chi connectivity index (χ1n) is 26.9. The SMILES string of the molecule is COc1cc2c(cc1OCc1cc(COc3cc4c(cc3OC)C(O)N3c5ccccc5C[C@H]3CN4)cc(NC(=O)[C@H](C)NC(=O)[C@H](C)NC(=O)CCCCC(=O)NCCN3C(=O)C=CC3=O)c1)N=C[C@@H]1Cc3ccccc3N1C2=O. The average Bonchev–Trinajstić information content (AvgIpc) is 4.22. The standard InChI is InChI=1S/C60H63N9O12/c1-34(64-54(71)16-10-9-15-53(70)61-19-20-67-55(72)17-18-56(67)73)57(74)65-35(2)58(75)66-40-22-36(32-80-51-28-45-43(26-49(51)78-3)59(76)68-41(30-62-45)24-38-11-5-7-13-47(38)68)21-37(23-40)33-81-52-29-46-44(27-50(52)79-4)60(77)69-42(31-63-46)25-39-12-6-8-14-48(39)69/h5-8,11-14,17-18,21-23,26-30,34-35,41-42,60,63,77H,9-10,15-16,19-20,24-25,31-33H2,1-4H3,(H,61,70)(H,64,71)(H,65,74)(H,66,75)/t34-,35-,41-,42-,60?/m0/s1. The number of aliphatic hydroxyl groups excluding tert-OH is 1. The number of unbranched alkanes of at least 4 members (excludes halogenated alkanes) is 1. The molecule has 5 aliphatic heterocycles. The molecule has 81 heavy (non-hydrogen) atoms. The van der Waals surface area contributed by atoms with Gasteiger partial charge in [0.25, 0.3) is 17.7 Å². The van der Waals surface area contributed by atoms with Gasteiger partial charge in [0, 0.05) is 97.7 Å². The zero-order valence-corrected chi connectivity index (χ0v) is 45.3. The van der Waals surface area contributed by atoms with Gasteiger partial charge in [0.15, 0.2) is 29.2 Å². The molecule has 5 heterocycles. The molecule has 5 aromatic carbocycles. The quantitative estimate of drug-likeness (QED) is 0.0389. The van der Waals surface area contributed by atoms with Gasteiger partial charge in [-0.2, -0.15) is 0 Å². The molecule has 5 atom stereocenters. The Morgan fingerprint density at radius 3 is 2.06 bits per heavy atom. The van der Waals surface area contributed by atoms with Crippen LogP contribution in [0.3, 0.4) is 0 Å². The predicted octanol–water partition coefficient (Wildman–Crippen LogP) is 5.55. The molecule has 21 nitrogen and oxygen atoms in total. The molecule has 0 fully saturated rings. The number of fused-ring (bicyclic) bond motifs is 8. The van der Waals surface area contributed by atoms with Gasteiger partial charge in [-0.05, 0) is 97.8 Å². The highest BCUT2D eigenvalue weighted by atomic mass is 16.5. The van der Waals surface area contributed by atoms with Gasteiger partial charge in [0.05, 0.1) is 37.6 Å². The summed E-state index contributed by atoms with van der Waals surface area (Å²) in [4.78, 5) is 99.3. The predicted molar refractivity (Wildman–Crippen MR) is 301 cm³/mol. The van der Waals surface area contributed by atoms with E-state index in [9.17, 15) is 38.7 Å². The zero-order chi connectivity index (χ0) is 56.9. The Morgan fingerprint density at radius 2 is 1.36 bits per heavy atom. The monoisotopic (exact) mass is 1100 g/mol. The molecular weight excluding hydrogens is 1040 g/mol. The second-order valence-electron chi connectivity index (χ2n) is 20.5. The number of hydrogen-bond donors (Lipinski definition) is 6. The Bertz CT molecular complexity index is 3360. The fourth-order valence-electron chi connectivity index (χ4n) is 10.7. The first-order valence-corrected chi connectivity index (χ1v) is 26.9. The second kappa shape index (κ2) is 24.0. The zero-order valence-electron chi connectivity index (χ0n) is 45.3. The summed E-state index contributed by atoms with van der Waals surface area (Å²) in [5, 5.41) is 26.2. The molecule has 7 amide bonds. The maximum Gasteiger partial charge on any atom is 0.261 e. The van der Waals surface area contributed by atoms with E-state index >= 15 is 0 Å². The third-order valence-corrected chi connectivity index (χ3v) is 14.9. The van der Waals surface area contributed by atoms with E-state index < -0.39 is 47.8 Å². The summed E-state index contributed by atoms with van der Waals surface area (Å²) in [5.41, 5.74) is 7.76. The number of imide groups is 1. The Labute approximate surface area is 467 Å². The van der Waals surface area contributed by atoms with Crippen LogP contribution >= 0.6 is 0 Å². The number of rotatable bonds is 21. The summed E-state index contributed by atoms with van der Waals surface area (Å²) in [5.74, 6) is -1.48. The topological polar surface area (TPSA) is 259 Å². The first kappa shape index (κ1) is 55.1. The maximum atomic E-state index is 14.1. The Kier molecular flexibility index (Phi) is 16.3. The van der Waals surface area contributed by atoms with Crippen LogP contribution in [0, 0.1) is 0 Å². The van der Waals surface area contributed by atoms with Crippen LogP contribution in [0.4, 0.5) is 28.4 Å². The van der Waals surface area contributed by atoms with Gasteiger partial charge in [-0.3, -0.25) is 48.4 Å². The lowest BCUT2D eigenvalue weighted by Gasteiger charge is -2.30. The second-order valence-corrected chi connectivity index (χ2v) is 20.5. The number of methoxy groups -OCH3 is 2. The Hall–Kier alpha value is -9.24. The van der Waals surface area contributed by atoms with Crippen molar-refractivity contribution >= 4 is 76.0 Å². The lowest BCUT2D eigenvalue weighted by molar-refractivity contribution is -0.137. The highest BCUT2D eigenvalue weighted by Crippen LogP contribution is 2.45. The number of nitrogens with one attached hydrogen (secondary N) is 5. The van der Waals surface area contributed by atoms with Gasteiger partial charge in [-0.1, -0.05) is 36.4 Å². The molecule has 0 bridgehead atoms. The lowest BCUT2D eigenvalue weighted by Crippen LogP contribution is -2.50. The highest BCUT2D eigenvalue weighted by Gasteiger charge is 2.39. The molecule has 0 saturated heterocycles. The van der Waals surface area contributed by atoms with Gasteiger partial charge >= 0.3 is 0 Å². The van der Waals surface area contributed by atoms with Gasteiger partial charge in [-0.15, -0.1) is 0 Å². The van der Waals surface area contributed by atoms with Gasteiger partial charge in [-0.25, -0.2) is 0 Å². The van der Waals surface area contributed by atoms with Crippen molar-refractivity contribution in [3.05, 3.63) is 137 Å². The minimum absolute atomic E-state index is 0.00365. The molecule has 420 valence electrons. The van der Waals surface area contributed by atoms with E-state index in [1.54, 1.807) is 41.4 Å². The summed E-state index contributed by atoms with van der Waals surface area (Å²) >= 11 is 0. The van der Waals surface area contributed by atoms with Crippen LogP contribution in [0.2, 0.25) is 0 Å². The normalized spacial score (nSPS) is 17.9. The molecule has 6 N–H and O–H groups in total. The third-order valence-electron chi connectivity index (χ3n) is 14.9. The number of carbonyl (C=O) groups is 7. The van der Waals surface area contributed by atoms with E-state index in [1.165, 1.54) is 45.8 Å². The van der Waals surface area contributed by atoms with Gasteiger partial charge < -0.3 is 55.5 Å². The Balaban J connectivity index is 0.804. The lowest BCUT2D eigenvalue weighted by atomic mass is 10.1. The fraction of sp³-hybridized carbons (Fsp3) is 0.333. The summed E-state index contributed by atoms with van der Waals surface area (Å²) in [6.45, 7) is 3.72. The number of nitrogens with zero attached hydrogens (tertiary/aromatic N) is 4. The van der Waals surface area contributed by atoms with Crippen molar-refractivity contribution < 1.29 is 57.6 Å². The number of hydrogen-bond acceptors (Lipinski definition) is 15. The molecule has 0 saturated carbocycles. The van der Waals surface area contributed by atoms with Crippen LogP contribution in [0.5, 0.6) is 23.0 Å². The molecule has 0 radical (unpaired) electrons. The number of aliphatic hydroxyl groups is 1. The van der Waals surface area contributed by atoms with Crippen LogP contribution in [0.25, 0.3) is 0 Å². The van der Waals surface area contributed by atoms with E-state index in [0.717, 1.165) is 28.3 Å². The molecule has 5 aromatic rings. The van der Waals surface area contributed by atoms with Crippen LogP contribution in [-0.2, 0) is 54.8 Å².